The minimum Gasteiger partial charge on any atom is -0.376 e. The molecule has 3 heteroatoms. The van der Waals surface area contributed by atoms with E-state index in [0.29, 0.717) is 5.92 Å². The van der Waals surface area contributed by atoms with Gasteiger partial charge in [-0.25, -0.2) is 4.39 Å². The minimum absolute atomic E-state index is 0.138. The van der Waals surface area contributed by atoms with Gasteiger partial charge in [0.25, 0.3) is 0 Å². The maximum Gasteiger partial charge on any atom is 0.123 e. The van der Waals surface area contributed by atoms with Crippen molar-refractivity contribution in [2.75, 3.05) is 13.7 Å². The molecule has 2 unspecified atom stereocenters. The van der Waals surface area contributed by atoms with E-state index in [4.69, 9.17) is 4.74 Å². The molecule has 0 amide bonds. The van der Waals surface area contributed by atoms with E-state index in [2.05, 4.69) is 5.32 Å². The highest BCUT2D eigenvalue weighted by Crippen LogP contribution is 2.34. The fourth-order valence-corrected chi connectivity index (χ4v) is 3.35. The highest BCUT2D eigenvalue weighted by Gasteiger charge is 2.31. The van der Waals surface area contributed by atoms with Crippen molar-refractivity contribution in [1.29, 1.82) is 0 Å². The van der Waals surface area contributed by atoms with E-state index in [9.17, 15) is 4.39 Å². The van der Waals surface area contributed by atoms with Crippen LogP contribution in [0.15, 0.2) is 24.3 Å². The van der Waals surface area contributed by atoms with Gasteiger partial charge in [-0.2, -0.15) is 0 Å². The summed E-state index contributed by atoms with van der Waals surface area (Å²) in [4.78, 5) is 0. The van der Waals surface area contributed by atoms with Crippen molar-refractivity contribution in [3.8, 4) is 0 Å². The number of hydrogen-bond acceptors (Lipinski definition) is 2. The van der Waals surface area contributed by atoms with Gasteiger partial charge in [-0.1, -0.05) is 31.4 Å². The fraction of sp³-hybridized carbons (Fsp3) is 0.647. The summed E-state index contributed by atoms with van der Waals surface area (Å²) >= 11 is 0. The van der Waals surface area contributed by atoms with E-state index in [0.717, 1.165) is 12.2 Å². The molecular formula is C17H26FNO. The van der Waals surface area contributed by atoms with Crippen LogP contribution in [0.2, 0.25) is 0 Å². The summed E-state index contributed by atoms with van der Waals surface area (Å²) in [5.41, 5.74) is 1.11. The molecule has 1 aromatic carbocycles. The average Bonchev–Trinajstić information content (AvgIpc) is 2.50. The zero-order valence-electron chi connectivity index (χ0n) is 12.6. The SMILES string of the molecule is CCOC(C1CCCCC1)C(NC)c1ccc(F)cc1. The Hall–Kier alpha value is -0.930. The van der Waals surface area contributed by atoms with Gasteiger partial charge in [0.2, 0.25) is 0 Å². The Balaban J connectivity index is 2.17. The van der Waals surface area contributed by atoms with Gasteiger partial charge in [-0.05, 0) is 50.4 Å². The number of hydrogen-bond donors (Lipinski definition) is 1. The van der Waals surface area contributed by atoms with Gasteiger partial charge in [0.05, 0.1) is 12.1 Å². The number of ether oxygens (including phenoxy) is 1. The van der Waals surface area contributed by atoms with E-state index >= 15 is 0 Å². The molecule has 1 N–H and O–H groups in total. The number of rotatable bonds is 6. The predicted octanol–water partition coefficient (Wildman–Crippen LogP) is 4.07. The number of halogens is 1. The Morgan fingerprint density at radius 2 is 1.85 bits per heavy atom. The van der Waals surface area contributed by atoms with Crippen LogP contribution in [0.3, 0.4) is 0 Å². The Morgan fingerprint density at radius 1 is 1.20 bits per heavy atom. The zero-order valence-corrected chi connectivity index (χ0v) is 12.6. The van der Waals surface area contributed by atoms with Crippen molar-refractivity contribution in [1.82, 2.24) is 5.32 Å². The lowest BCUT2D eigenvalue weighted by molar-refractivity contribution is -0.0167. The van der Waals surface area contributed by atoms with Crippen LogP contribution < -0.4 is 5.32 Å². The highest BCUT2D eigenvalue weighted by atomic mass is 19.1. The monoisotopic (exact) mass is 279 g/mol. The second kappa shape index (κ2) is 7.75. The summed E-state index contributed by atoms with van der Waals surface area (Å²) in [6.45, 7) is 2.77. The summed E-state index contributed by atoms with van der Waals surface area (Å²) in [6, 6.07) is 6.93. The first-order valence-electron chi connectivity index (χ1n) is 7.80. The lowest BCUT2D eigenvalue weighted by Gasteiger charge is -2.35. The Morgan fingerprint density at radius 3 is 2.40 bits per heavy atom. The standard InChI is InChI=1S/C17H26FNO/c1-3-20-17(14-7-5-4-6-8-14)16(19-2)13-9-11-15(18)12-10-13/h9-12,14,16-17,19H,3-8H2,1-2H3. The quantitative estimate of drug-likeness (QED) is 0.847. The molecule has 0 heterocycles. The lowest BCUT2D eigenvalue weighted by atomic mass is 9.81. The van der Waals surface area contributed by atoms with E-state index in [1.807, 2.05) is 26.1 Å². The second-order valence-electron chi connectivity index (χ2n) is 5.64. The van der Waals surface area contributed by atoms with Crippen molar-refractivity contribution in [3.05, 3.63) is 35.6 Å². The molecule has 1 aromatic rings. The Kier molecular flexibility index (Phi) is 5.99. The molecule has 0 spiro atoms. The second-order valence-corrected chi connectivity index (χ2v) is 5.64. The van der Waals surface area contributed by atoms with Crippen molar-refractivity contribution in [2.24, 2.45) is 5.92 Å². The molecular weight excluding hydrogens is 253 g/mol. The van der Waals surface area contributed by atoms with Gasteiger partial charge in [0, 0.05) is 6.61 Å². The number of benzene rings is 1. The lowest BCUT2D eigenvalue weighted by Crippen LogP contribution is -2.38. The third-order valence-electron chi connectivity index (χ3n) is 4.34. The normalized spacial score (nSPS) is 19.8. The van der Waals surface area contributed by atoms with Gasteiger partial charge >= 0.3 is 0 Å². The Bertz CT molecular complexity index is 386. The van der Waals surface area contributed by atoms with Crippen molar-refractivity contribution in [2.45, 2.75) is 51.2 Å². The van der Waals surface area contributed by atoms with Crippen LogP contribution >= 0.6 is 0 Å². The van der Waals surface area contributed by atoms with Crippen molar-refractivity contribution >= 4 is 0 Å². The van der Waals surface area contributed by atoms with Crippen LogP contribution in [-0.2, 0) is 4.74 Å². The molecule has 0 saturated heterocycles. The van der Waals surface area contributed by atoms with Crippen LogP contribution in [0.1, 0.15) is 50.6 Å². The maximum absolute atomic E-state index is 13.1. The van der Waals surface area contributed by atoms with Crippen LogP contribution in [-0.4, -0.2) is 19.8 Å². The molecule has 1 saturated carbocycles. The highest BCUT2D eigenvalue weighted by molar-refractivity contribution is 5.21. The van der Waals surface area contributed by atoms with E-state index in [-0.39, 0.29) is 18.0 Å². The molecule has 20 heavy (non-hydrogen) atoms. The predicted molar refractivity (Wildman–Crippen MR) is 80.2 cm³/mol. The van der Waals surface area contributed by atoms with Crippen molar-refractivity contribution in [3.63, 3.8) is 0 Å². The molecule has 0 bridgehead atoms. The van der Waals surface area contributed by atoms with Crippen molar-refractivity contribution < 1.29 is 9.13 Å². The van der Waals surface area contributed by atoms with Crippen LogP contribution in [0.5, 0.6) is 0 Å². The maximum atomic E-state index is 13.1. The number of nitrogens with one attached hydrogen (secondary N) is 1. The first kappa shape index (κ1) is 15.5. The van der Waals surface area contributed by atoms with Gasteiger partial charge in [-0.15, -0.1) is 0 Å². The van der Waals surface area contributed by atoms with Crippen LogP contribution in [0.4, 0.5) is 4.39 Å². The first-order valence-corrected chi connectivity index (χ1v) is 7.80. The number of likely N-dealkylation sites (N-methyl/N-ethyl adjacent to an activating group) is 1. The van der Waals surface area contributed by atoms with Crippen LogP contribution in [0, 0.1) is 11.7 Å². The third kappa shape index (κ3) is 3.80. The molecule has 0 aromatic heterocycles. The molecule has 2 rings (SSSR count). The van der Waals surface area contributed by atoms with E-state index in [1.165, 1.54) is 44.2 Å². The van der Waals surface area contributed by atoms with Gasteiger partial charge < -0.3 is 10.1 Å². The zero-order chi connectivity index (χ0) is 14.4. The third-order valence-corrected chi connectivity index (χ3v) is 4.34. The van der Waals surface area contributed by atoms with Gasteiger partial charge in [0.15, 0.2) is 0 Å². The van der Waals surface area contributed by atoms with E-state index < -0.39 is 0 Å². The first-order chi connectivity index (χ1) is 9.76. The van der Waals surface area contributed by atoms with Crippen LogP contribution in [0.25, 0.3) is 0 Å². The van der Waals surface area contributed by atoms with Gasteiger partial charge in [0.1, 0.15) is 5.82 Å². The summed E-state index contributed by atoms with van der Waals surface area (Å²) in [5, 5.41) is 3.37. The summed E-state index contributed by atoms with van der Waals surface area (Å²) in [5.74, 6) is 0.417. The summed E-state index contributed by atoms with van der Waals surface area (Å²) < 4.78 is 19.2. The average molecular weight is 279 g/mol. The van der Waals surface area contributed by atoms with Gasteiger partial charge in [-0.3, -0.25) is 0 Å². The smallest absolute Gasteiger partial charge is 0.123 e. The molecule has 0 aliphatic heterocycles. The molecule has 1 aliphatic carbocycles. The molecule has 2 atom stereocenters. The Labute approximate surface area is 121 Å². The molecule has 112 valence electrons. The summed E-state index contributed by atoms with van der Waals surface area (Å²) in [6.07, 6.45) is 6.60. The largest absolute Gasteiger partial charge is 0.376 e. The van der Waals surface area contributed by atoms with E-state index in [1.54, 1.807) is 0 Å². The summed E-state index contributed by atoms with van der Waals surface area (Å²) in [7, 11) is 1.96. The molecule has 1 aliphatic rings. The fourth-order valence-electron chi connectivity index (χ4n) is 3.35. The topological polar surface area (TPSA) is 21.3 Å². The molecule has 1 fully saturated rings. The molecule has 2 nitrogen and oxygen atoms in total. The minimum atomic E-state index is -0.186. The molecule has 0 radical (unpaired) electrons.